The normalized spacial score (nSPS) is 10.0. The number of ether oxygens (including phenoxy) is 1. The molecule has 1 rings (SSSR count). The van der Waals surface area contributed by atoms with Crippen LogP contribution in [-0.2, 0) is 11.3 Å². The van der Waals surface area contributed by atoms with Gasteiger partial charge in [-0.3, -0.25) is 4.79 Å². The van der Waals surface area contributed by atoms with E-state index >= 15 is 0 Å². The molecule has 19 heavy (non-hydrogen) atoms. The van der Waals surface area contributed by atoms with Crippen molar-refractivity contribution in [2.24, 2.45) is 0 Å². The van der Waals surface area contributed by atoms with E-state index in [0.29, 0.717) is 6.54 Å². The van der Waals surface area contributed by atoms with Gasteiger partial charge in [0.15, 0.2) is 0 Å². The Morgan fingerprint density at radius 3 is 2.84 bits per heavy atom. The molecule has 0 spiro atoms. The van der Waals surface area contributed by atoms with Gasteiger partial charge in [0.2, 0.25) is 5.91 Å². The van der Waals surface area contributed by atoms with E-state index in [1.54, 1.807) is 0 Å². The second-order valence-electron chi connectivity index (χ2n) is 4.43. The molecule has 102 valence electrons. The quantitative estimate of drug-likeness (QED) is 0.727. The maximum atomic E-state index is 11.5. The molecule has 4 nitrogen and oxygen atoms in total. The number of rotatable bonds is 7. The minimum Gasteiger partial charge on any atom is -0.481 e. The first-order valence-electron chi connectivity index (χ1n) is 6.27. The van der Waals surface area contributed by atoms with Crippen molar-refractivity contribution >= 4 is 5.91 Å². The average molecular weight is 260 g/mol. The summed E-state index contributed by atoms with van der Waals surface area (Å²) < 4.78 is 5.43. The summed E-state index contributed by atoms with van der Waals surface area (Å²) in [5, 5.41) is 5.90. The highest BCUT2D eigenvalue weighted by molar-refractivity contribution is 5.78. The van der Waals surface area contributed by atoms with Crippen LogP contribution in [0.25, 0.3) is 0 Å². The van der Waals surface area contributed by atoms with Crippen LogP contribution in [-0.4, -0.2) is 25.1 Å². The van der Waals surface area contributed by atoms with Crippen LogP contribution in [0, 0.1) is 12.3 Å². The summed E-state index contributed by atoms with van der Waals surface area (Å²) in [6, 6.07) is 7.77. The summed E-state index contributed by atoms with van der Waals surface area (Å²) >= 11 is 0. The monoisotopic (exact) mass is 260 g/mol. The second-order valence-corrected chi connectivity index (χ2v) is 4.43. The van der Waals surface area contributed by atoms with Crippen molar-refractivity contribution in [1.29, 1.82) is 0 Å². The Kier molecular flexibility index (Phi) is 6.48. The first-order chi connectivity index (χ1) is 9.13. The van der Waals surface area contributed by atoms with E-state index < -0.39 is 0 Å². The zero-order chi connectivity index (χ0) is 14.1. The first-order valence-corrected chi connectivity index (χ1v) is 6.27. The van der Waals surface area contributed by atoms with Crippen LogP contribution in [0.4, 0.5) is 0 Å². The third-order valence-corrected chi connectivity index (χ3v) is 2.33. The molecule has 0 fully saturated rings. The van der Waals surface area contributed by atoms with Gasteiger partial charge in [-0.25, -0.2) is 0 Å². The lowest BCUT2D eigenvalue weighted by molar-refractivity contribution is -0.120. The number of hydrogen-bond acceptors (Lipinski definition) is 3. The number of carbonyl (C=O) groups is 1. The molecule has 0 saturated heterocycles. The van der Waals surface area contributed by atoms with Crippen LogP contribution in [0.3, 0.4) is 0 Å². The van der Waals surface area contributed by atoms with Gasteiger partial charge in [-0.1, -0.05) is 24.1 Å². The number of hydrogen-bond donors (Lipinski definition) is 2. The Bertz CT molecular complexity index is 450. The van der Waals surface area contributed by atoms with E-state index in [-0.39, 0.29) is 25.1 Å². The van der Waals surface area contributed by atoms with Crippen molar-refractivity contribution in [3.05, 3.63) is 29.8 Å². The van der Waals surface area contributed by atoms with Crippen LogP contribution >= 0.6 is 0 Å². The molecule has 2 N–H and O–H groups in total. The Morgan fingerprint density at radius 1 is 1.42 bits per heavy atom. The minimum atomic E-state index is -0.0166. The van der Waals surface area contributed by atoms with Gasteiger partial charge in [-0.15, -0.1) is 6.42 Å². The van der Waals surface area contributed by atoms with Crippen molar-refractivity contribution in [3.63, 3.8) is 0 Å². The molecule has 0 bridgehead atoms. The molecule has 0 aromatic heterocycles. The smallest absolute Gasteiger partial charge is 0.234 e. The maximum absolute atomic E-state index is 11.5. The van der Waals surface area contributed by atoms with Gasteiger partial charge in [0.25, 0.3) is 0 Å². The lowest BCUT2D eigenvalue weighted by Crippen LogP contribution is -2.37. The largest absolute Gasteiger partial charge is 0.481 e. The molecule has 0 unspecified atom stereocenters. The lowest BCUT2D eigenvalue weighted by Gasteiger charge is -2.11. The number of amides is 1. The average Bonchev–Trinajstić information content (AvgIpc) is 2.36. The molecule has 1 aromatic carbocycles. The summed E-state index contributed by atoms with van der Waals surface area (Å²) in [6.45, 7) is 4.94. The van der Waals surface area contributed by atoms with Crippen LogP contribution in [0.15, 0.2) is 24.3 Å². The fourth-order valence-corrected chi connectivity index (χ4v) is 1.59. The summed E-state index contributed by atoms with van der Waals surface area (Å²) in [5.74, 6) is 3.16. The first kappa shape index (κ1) is 15.1. The van der Waals surface area contributed by atoms with E-state index in [4.69, 9.17) is 11.2 Å². The predicted molar refractivity (Wildman–Crippen MR) is 75.8 cm³/mol. The predicted octanol–water partition coefficient (Wildman–Crippen LogP) is 1.31. The van der Waals surface area contributed by atoms with Crippen molar-refractivity contribution < 1.29 is 9.53 Å². The Labute approximate surface area is 114 Å². The van der Waals surface area contributed by atoms with E-state index in [1.807, 2.05) is 38.1 Å². The summed E-state index contributed by atoms with van der Waals surface area (Å²) in [4.78, 5) is 11.5. The molecular weight excluding hydrogens is 240 g/mol. The number of nitrogens with one attached hydrogen (secondary N) is 2. The van der Waals surface area contributed by atoms with Gasteiger partial charge in [0.1, 0.15) is 12.4 Å². The molecule has 0 radical (unpaired) electrons. The maximum Gasteiger partial charge on any atom is 0.234 e. The standard InChI is InChI=1S/C15H20N2O2/c1-4-9-19-14-8-6-5-7-13(14)10-16-11-15(18)17-12(2)3/h1,5-8,12,16H,9-11H2,2-3H3,(H,17,18). The van der Waals surface area contributed by atoms with E-state index in [9.17, 15) is 4.79 Å². The van der Waals surface area contributed by atoms with Crippen molar-refractivity contribution in [2.75, 3.05) is 13.2 Å². The van der Waals surface area contributed by atoms with Gasteiger partial charge >= 0.3 is 0 Å². The van der Waals surface area contributed by atoms with Gasteiger partial charge < -0.3 is 15.4 Å². The summed E-state index contributed by atoms with van der Waals surface area (Å²) in [7, 11) is 0. The molecule has 0 aliphatic heterocycles. The second kappa shape index (κ2) is 8.17. The number of benzene rings is 1. The topological polar surface area (TPSA) is 50.4 Å². The fourth-order valence-electron chi connectivity index (χ4n) is 1.59. The molecule has 0 aliphatic carbocycles. The SMILES string of the molecule is C#CCOc1ccccc1CNCC(=O)NC(C)C. The molecule has 0 aliphatic rings. The van der Waals surface area contributed by atoms with Crippen LogP contribution in [0.2, 0.25) is 0 Å². The van der Waals surface area contributed by atoms with Crippen LogP contribution in [0.5, 0.6) is 5.75 Å². The molecule has 0 atom stereocenters. The highest BCUT2D eigenvalue weighted by atomic mass is 16.5. The third-order valence-electron chi connectivity index (χ3n) is 2.33. The van der Waals surface area contributed by atoms with E-state index in [0.717, 1.165) is 11.3 Å². The molecule has 4 heteroatoms. The van der Waals surface area contributed by atoms with Crippen molar-refractivity contribution in [2.45, 2.75) is 26.4 Å². The molecule has 1 aromatic rings. The Morgan fingerprint density at radius 2 is 2.16 bits per heavy atom. The Hall–Kier alpha value is -1.99. The highest BCUT2D eigenvalue weighted by Crippen LogP contribution is 2.17. The number of terminal acetylenes is 1. The fraction of sp³-hybridized carbons (Fsp3) is 0.400. The summed E-state index contributed by atoms with van der Waals surface area (Å²) in [5.41, 5.74) is 0.982. The van der Waals surface area contributed by atoms with E-state index in [2.05, 4.69) is 16.6 Å². The zero-order valence-electron chi connectivity index (χ0n) is 11.4. The highest BCUT2D eigenvalue weighted by Gasteiger charge is 2.05. The van der Waals surface area contributed by atoms with Crippen LogP contribution < -0.4 is 15.4 Å². The molecule has 0 heterocycles. The third kappa shape index (κ3) is 5.94. The molecule has 0 saturated carbocycles. The molecular formula is C15H20N2O2. The van der Waals surface area contributed by atoms with E-state index in [1.165, 1.54) is 0 Å². The van der Waals surface area contributed by atoms with Gasteiger partial charge in [0.05, 0.1) is 6.54 Å². The Balaban J connectivity index is 2.44. The van der Waals surface area contributed by atoms with Crippen LogP contribution in [0.1, 0.15) is 19.4 Å². The number of para-hydroxylation sites is 1. The molecule has 1 amide bonds. The van der Waals surface area contributed by atoms with Gasteiger partial charge in [0, 0.05) is 18.2 Å². The lowest BCUT2D eigenvalue weighted by atomic mass is 10.2. The summed E-state index contributed by atoms with van der Waals surface area (Å²) in [6.07, 6.45) is 5.17. The van der Waals surface area contributed by atoms with Gasteiger partial charge in [-0.2, -0.15) is 0 Å². The minimum absolute atomic E-state index is 0.0166. The zero-order valence-corrected chi connectivity index (χ0v) is 11.4. The van der Waals surface area contributed by atoms with Crippen molar-refractivity contribution in [1.82, 2.24) is 10.6 Å². The van der Waals surface area contributed by atoms with Gasteiger partial charge in [-0.05, 0) is 19.9 Å². The number of carbonyl (C=O) groups excluding carboxylic acids is 1. The van der Waals surface area contributed by atoms with Crippen molar-refractivity contribution in [3.8, 4) is 18.1 Å².